The molecule has 0 heterocycles. The van der Waals surface area contributed by atoms with Crippen molar-refractivity contribution in [3.05, 3.63) is 0 Å². The van der Waals surface area contributed by atoms with Crippen LogP contribution in [0.2, 0.25) is 0 Å². The first-order chi connectivity index (χ1) is 9.43. The van der Waals surface area contributed by atoms with Gasteiger partial charge in [0.05, 0.1) is 13.7 Å². The van der Waals surface area contributed by atoms with Crippen molar-refractivity contribution in [2.45, 2.75) is 25.6 Å². The van der Waals surface area contributed by atoms with Gasteiger partial charge in [-0.15, -0.1) is 0 Å². The van der Waals surface area contributed by atoms with E-state index in [2.05, 4.69) is 10.1 Å². The Balaban J connectivity index is -0.000000231. The van der Waals surface area contributed by atoms with Crippen LogP contribution < -0.4 is 11.1 Å². The normalized spacial score (nSPS) is 11.0. The predicted molar refractivity (Wildman–Crippen MR) is 65.5 cm³/mol. The second kappa shape index (κ2) is 13.1. The molecule has 1 atom stereocenters. The molecule has 126 valence electrons. The van der Waals surface area contributed by atoms with E-state index in [4.69, 9.17) is 20.7 Å². The number of alkyl halides is 3. The minimum Gasteiger partial charge on any atom is -0.480 e. The van der Waals surface area contributed by atoms with E-state index < -0.39 is 24.2 Å². The van der Waals surface area contributed by atoms with E-state index in [1.54, 1.807) is 14.0 Å². The molecule has 0 saturated heterocycles. The van der Waals surface area contributed by atoms with Gasteiger partial charge < -0.3 is 26.0 Å². The zero-order valence-corrected chi connectivity index (χ0v) is 11.7. The summed E-state index contributed by atoms with van der Waals surface area (Å²) < 4.78 is 36.0. The van der Waals surface area contributed by atoms with Gasteiger partial charge in [0.15, 0.2) is 0 Å². The van der Waals surface area contributed by atoms with E-state index in [0.717, 1.165) is 0 Å². The number of carboxylic acids is 2. The largest absolute Gasteiger partial charge is 0.490 e. The quantitative estimate of drug-likeness (QED) is 0.523. The van der Waals surface area contributed by atoms with Crippen molar-refractivity contribution < 1.29 is 42.5 Å². The van der Waals surface area contributed by atoms with Crippen molar-refractivity contribution in [1.29, 1.82) is 0 Å². The smallest absolute Gasteiger partial charge is 0.480 e. The monoisotopic (exact) mass is 320 g/mol. The van der Waals surface area contributed by atoms with Crippen LogP contribution in [0.15, 0.2) is 0 Å². The molecule has 0 bridgehead atoms. The lowest BCUT2D eigenvalue weighted by atomic mass is 10.2. The van der Waals surface area contributed by atoms with E-state index in [1.807, 2.05) is 0 Å². The Labute approximate surface area is 119 Å². The molecule has 0 amide bonds. The van der Waals surface area contributed by atoms with Crippen LogP contribution in [-0.2, 0) is 19.1 Å². The summed E-state index contributed by atoms with van der Waals surface area (Å²) in [5.74, 6) is -3.92. The van der Waals surface area contributed by atoms with E-state index in [9.17, 15) is 22.8 Å². The second-order valence-electron chi connectivity index (χ2n) is 3.26. The number of aliphatic carboxylic acids is 2. The van der Waals surface area contributed by atoms with Gasteiger partial charge in [0.2, 0.25) is 0 Å². The van der Waals surface area contributed by atoms with Gasteiger partial charge in [-0.25, -0.2) is 4.79 Å². The van der Waals surface area contributed by atoms with E-state index >= 15 is 0 Å². The van der Waals surface area contributed by atoms with Gasteiger partial charge in [-0.1, -0.05) is 6.92 Å². The number of nitrogens with one attached hydrogen (secondary N) is 1. The minimum atomic E-state index is -5.08. The Morgan fingerprint density at radius 2 is 1.67 bits per heavy atom. The molecule has 0 rings (SSSR count). The molecule has 0 saturated carbocycles. The summed E-state index contributed by atoms with van der Waals surface area (Å²) in [6.07, 6.45) is -4.59. The number of carbonyl (C=O) groups is 3. The molecule has 0 aliphatic heterocycles. The molecule has 0 aromatic heterocycles. The highest BCUT2D eigenvalue weighted by molar-refractivity contribution is 5.73. The maximum absolute atomic E-state index is 10.6. The fourth-order valence-corrected chi connectivity index (χ4v) is 0.391. The van der Waals surface area contributed by atoms with Crippen LogP contribution in [0.4, 0.5) is 13.2 Å². The number of rotatable bonds is 4. The van der Waals surface area contributed by atoms with Crippen LogP contribution in [0.5, 0.6) is 0 Å². The van der Waals surface area contributed by atoms with Crippen LogP contribution in [0.1, 0.15) is 13.3 Å². The van der Waals surface area contributed by atoms with Gasteiger partial charge in [-0.3, -0.25) is 9.59 Å². The lowest BCUT2D eigenvalue weighted by molar-refractivity contribution is -0.192. The highest BCUT2D eigenvalue weighted by Crippen LogP contribution is 2.13. The summed E-state index contributed by atoms with van der Waals surface area (Å²) in [6.45, 7) is 2.02. The predicted octanol–water partition coefficient (Wildman–Crippen LogP) is -0.180. The molecule has 8 nitrogen and oxygen atoms in total. The Hall–Kier alpha value is -1.88. The van der Waals surface area contributed by atoms with Crippen LogP contribution >= 0.6 is 0 Å². The molecular weight excluding hydrogens is 301 g/mol. The molecule has 21 heavy (non-hydrogen) atoms. The topological polar surface area (TPSA) is 139 Å². The zero-order valence-electron chi connectivity index (χ0n) is 11.7. The lowest BCUT2D eigenvalue weighted by Gasteiger charge is -1.97. The second-order valence-corrected chi connectivity index (χ2v) is 3.26. The van der Waals surface area contributed by atoms with Crippen molar-refractivity contribution in [2.75, 3.05) is 20.7 Å². The molecule has 0 aliphatic carbocycles. The molecule has 0 fully saturated rings. The Kier molecular flexibility index (Phi) is 15.1. The summed E-state index contributed by atoms with van der Waals surface area (Å²) >= 11 is 0. The Morgan fingerprint density at radius 1 is 1.29 bits per heavy atom. The maximum Gasteiger partial charge on any atom is 0.490 e. The standard InChI is InChI=1S/2C4H9NO2.C2HF3O2/c1-5-3-4(6)7-2;1-2-3(5)4(6)7;3-2(4,5)1(6)7/h5H,3H2,1-2H3;3H,2,5H2,1H3,(H,6,7);(H,6,7). The number of nitrogens with two attached hydrogens (primary N) is 1. The summed E-state index contributed by atoms with van der Waals surface area (Å²) in [4.78, 5) is 28.8. The minimum absolute atomic E-state index is 0.234. The van der Waals surface area contributed by atoms with Crippen LogP contribution in [-0.4, -0.2) is 61.0 Å². The zero-order chi connectivity index (χ0) is 17.6. The van der Waals surface area contributed by atoms with Gasteiger partial charge in [0, 0.05) is 0 Å². The molecule has 0 aromatic rings. The number of ether oxygens (including phenoxy) is 1. The van der Waals surface area contributed by atoms with Crippen LogP contribution in [0, 0.1) is 0 Å². The molecule has 0 aliphatic rings. The summed E-state index contributed by atoms with van der Waals surface area (Å²) in [5, 5.41) is 17.8. The van der Waals surface area contributed by atoms with Crippen LogP contribution in [0.25, 0.3) is 0 Å². The number of methoxy groups -OCH3 is 1. The molecule has 0 spiro atoms. The van der Waals surface area contributed by atoms with Crippen molar-refractivity contribution in [3.63, 3.8) is 0 Å². The Morgan fingerprint density at radius 3 is 1.71 bits per heavy atom. The van der Waals surface area contributed by atoms with Gasteiger partial charge in [0.25, 0.3) is 0 Å². The number of likely N-dealkylation sites (N-methyl/N-ethyl adjacent to an activating group) is 1. The van der Waals surface area contributed by atoms with E-state index in [1.165, 1.54) is 7.11 Å². The molecule has 5 N–H and O–H groups in total. The number of carboxylic acid groups (broad SMARTS) is 2. The Bertz CT molecular complexity index is 320. The third kappa shape index (κ3) is 20.6. The summed E-state index contributed by atoms with van der Waals surface area (Å²) in [6, 6.07) is -0.681. The third-order valence-electron chi connectivity index (χ3n) is 1.55. The molecule has 1 unspecified atom stereocenters. The van der Waals surface area contributed by atoms with Gasteiger partial charge in [0.1, 0.15) is 6.04 Å². The average Bonchev–Trinajstić information content (AvgIpc) is 2.38. The van der Waals surface area contributed by atoms with Crippen molar-refractivity contribution in [2.24, 2.45) is 5.73 Å². The van der Waals surface area contributed by atoms with E-state index in [0.29, 0.717) is 6.42 Å². The summed E-state index contributed by atoms with van der Waals surface area (Å²) in [7, 11) is 3.05. The first-order valence-electron chi connectivity index (χ1n) is 5.43. The highest BCUT2D eigenvalue weighted by atomic mass is 19.4. The average molecular weight is 320 g/mol. The van der Waals surface area contributed by atoms with E-state index in [-0.39, 0.29) is 12.5 Å². The fraction of sp³-hybridized carbons (Fsp3) is 0.700. The van der Waals surface area contributed by atoms with Crippen LogP contribution in [0.3, 0.4) is 0 Å². The maximum atomic E-state index is 10.6. The number of carbonyl (C=O) groups excluding carboxylic acids is 1. The van der Waals surface area contributed by atoms with Crippen molar-refractivity contribution >= 4 is 17.9 Å². The summed E-state index contributed by atoms with van der Waals surface area (Å²) in [5.41, 5.74) is 5.02. The first kappa shape index (κ1) is 24.2. The van der Waals surface area contributed by atoms with Gasteiger partial charge in [-0.05, 0) is 13.5 Å². The van der Waals surface area contributed by atoms with Gasteiger partial charge >= 0.3 is 24.1 Å². The molecule has 0 radical (unpaired) electrons. The number of hydrogen-bond acceptors (Lipinski definition) is 6. The highest BCUT2D eigenvalue weighted by Gasteiger charge is 2.38. The molecule has 0 aromatic carbocycles. The number of hydrogen-bond donors (Lipinski definition) is 4. The SMILES string of the molecule is CCC(N)C(=O)O.CNCC(=O)OC.O=C(O)C(F)(F)F. The van der Waals surface area contributed by atoms with Crippen molar-refractivity contribution in [3.8, 4) is 0 Å². The number of halogens is 3. The fourth-order valence-electron chi connectivity index (χ4n) is 0.391. The first-order valence-corrected chi connectivity index (χ1v) is 5.43. The lowest BCUT2D eigenvalue weighted by Crippen LogP contribution is -2.28. The molecular formula is C10H19F3N2O6. The molecule has 11 heteroatoms. The third-order valence-corrected chi connectivity index (χ3v) is 1.55. The number of esters is 1. The van der Waals surface area contributed by atoms with Crippen molar-refractivity contribution in [1.82, 2.24) is 5.32 Å². The van der Waals surface area contributed by atoms with Gasteiger partial charge in [-0.2, -0.15) is 13.2 Å².